The Bertz CT molecular complexity index is 704. The van der Waals surface area contributed by atoms with Crippen molar-refractivity contribution in [2.45, 2.75) is 31.8 Å². The van der Waals surface area contributed by atoms with Gasteiger partial charge in [0.25, 0.3) is 5.91 Å². The zero-order chi connectivity index (χ0) is 16.8. The van der Waals surface area contributed by atoms with E-state index in [0.29, 0.717) is 12.2 Å². The highest BCUT2D eigenvalue weighted by molar-refractivity contribution is 5.78. The monoisotopic (exact) mass is 324 g/mol. The molecular formula is C18H20N4O2. The minimum absolute atomic E-state index is 0.00533. The zero-order valence-corrected chi connectivity index (χ0v) is 13.5. The minimum atomic E-state index is 0.00533. The second kappa shape index (κ2) is 7.64. The lowest BCUT2D eigenvalue weighted by Crippen LogP contribution is -2.40. The van der Waals surface area contributed by atoms with Crippen LogP contribution in [-0.2, 0) is 17.8 Å². The number of amides is 1. The Morgan fingerprint density at radius 1 is 1.38 bits per heavy atom. The van der Waals surface area contributed by atoms with Crippen LogP contribution < -0.4 is 4.74 Å². The fourth-order valence-corrected chi connectivity index (χ4v) is 3.00. The lowest BCUT2D eigenvalue weighted by atomic mass is 10.2. The van der Waals surface area contributed by atoms with Gasteiger partial charge < -0.3 is 9.64 Å². The van der Waals surface area contributed by atoms with E-state index in [1.54, 1.807) is 18.3 Å². The molecule has 0 N–H and O–H groups in total. The molecule has 6 heteroatoms. The molecule has 0 bridgehead atoms. The number of ether oxygens (including phenoxy) is 1. The van der Waals surface area contributed by atoms with Gasteiger partial charge in [-0.1, -0.05) is 12.1 Å². The molecule has 0 spiro atoms. The van der Waals surface area contributed by atoms with E-state index in [-0.39, 0.29) is 18.6 Å². The fourth-order valence-electron chi connectivity index (χ4n) is 3.00. The molecule has 0 saturated carbocycles. The Balaban J connectivity index is 1.53. The third-order valence-corrected chi connectivity index (χ3v) is 4.22. The van der Waals surface area contributed by atoms with Crippen LogP contribution in [0.1, 0.15) is 18.4 Å². The lowest BCUT2D eigenvalue weighted by molar-refractivity contribution is -0.134. The van der Waals surface area contributed by atoms with Crippen molar-refractivity contribution in [3.63, 3.8) is 0 Å². The fraction of sp³-hybridized carbons (Fsp3) is 0.389. The second-order valence-corrected chi connectivity index (χ2v) is 5.88. The zero-order valence-electron chi connectivity index (χ0n) is 13.5. The van der Waals surface area contributed by atoms with Gasteiger partial charge in [0, 0.05) is 18.9 Å². The van der Waals surface area contributed by atoms with Crippen LogP contribution in [0.15, 0.2) is 42.7 Å². The number of hydrogen-bond acceptors (Lipinski definition) is 4. The first-order valence-corrected chi connectivity index (χ1v) is 8.12. The number of likely N-dealkylation sites (tertiary alicyclic amines) is 1. The van der Waals surface area contributed by atoms with Gasteiger partial charge in [-0.3, -0.25) is 9.48 Å². The molecule has 1 aliphatic heterocycles. The number of aromatic nitrogens is 2. The second-order valence-electron chi connectivity index (χ2n) is 5.88. The standard InChI is InChI=1S/C18H20N4O2/c19-9-8-15-4-6-17(7-5-15)24-14-18(23)22-12-1-3-16(22)13-21-11-2-10-20-21/h2,4-7,10-11,16H,1,3,8,12-14H2. The average molecular weight is 324 g/mol. The molecule has 6 nitrogen and oxygen atoms in total. The number of carbonyl (C=O) groups is 1. The van der Waals surface area contributed by atoms with Gasteiger partial charge in [0.2, 0.25) is 0 Å². The highest BCUT2D eigenvalue weighted by atomic mass is 16.5. The number of benzene rings is 1. The molecule has 1 aromatic carbocycles. The number of nitriles is 1. The molecule has 1 saturated heterocycles. The van der Waals surface area contributed by atoms with E-state index < -0.39 is 0 Å². The van der Waals surface area contributed by atoms with Crippen molar-refractivity contribution in [2.24, 2.45) is 0 Å². The summed E-state index contributed by atoms with van der Waals surface area (Å²) in [5.41, 5.74) is 0.940. The van der Waals surface area contributed by atoms with Crippen molar-refractivity contribution in [1.82, 2.24) is 14.7 Å². The molecule has 1 amide bonds. The van der Waals surface area contributed by atoms with E-state index in [1.807, 2.05) is 34.0 Å². The minimum Gasteiger partial charge on any atom is -0.484 e. The molecule has 0 radical (unpaired) electrons. The molecule has 124 valence electrons. The highest BCUT2D eigenvalue weighted by Crippen LogP contribution is 2.19. The predicted octanol–water partition coefficient (Wildman–Crippen LogP) is 2.02. The van der Waals surface area contributed by atoms with E-state index in [9.17, 15) is 4.79 Å². The largest absolute Gasteiger partial charge is 0.484 e. The summed E-state index contributed by atoms with van der Waals surface area (Å²) in [4.78, 5) is 14.3. The van der Waals surface area contributed by atoms with Crippen LogP contribution in [0.3, 0.4) is 0 Å². The summed E-state index contributed by atoms with van der Waals surface area (Å²) in [6.07, 6.45) is 6.05. The van der Waals surface area contributed by atoms with Crippen LogP contribution in [0.4, 0.5) is 0 Å². The molecule has 2 aromatic rings. The van der Waals surface area contributed by atoms with E-state index >= 15 is 0 Å². The van der Waals surface area contributed by atoms with Gasteiger partial charge in [-0.05, 0) is 36.6 Å². The third-order valence-electron chi connectivity index (χ3n) is 4.22. The van der Waals surface area contributed by atoms with Gasteiger partial charge in [-0.15, -0.1) is 0 Å². The lowest BCUT2D eigenvalue weighted by Gasteiger charge is -2.24. The van der Waals surface area contributed by atoms with Crippen molar-refractivity contribution in [3.05, 3.63) is 48.3 Å². The average Bonchev–Trinajstić information content (AvgIpc) is 3.27. The Morgan fingerprint density at radius 2 is 2.21 bits per heavy atom. The van der Waals surface area contributed by atoms with Crippen molar-refractivity contribution in [3.8, 4) is 11.8 Å². The third kappa shape index (κ3) is 3.93. The molecule has 0 aliphatic carbocycles. The van der Waals surface area contributed by atoms with Crippen molar-refractivity contribution >= 4 is 5.91 Å². The molecule has 1 fully saturated rings. The van der Waals surface area contributed by atoms with Gasteiger partial charge in [0.05, 0.1) is 25.1 Å². The molecule has 1 unspecified atom stereocenters. The van der Waals surface area contributed by atoms with E-state index in [2.05, 4.69) is 11.2 Å². The molecule has 2 heterocycles. The number of nitrogens with zero attached hydrogens (tertiary/aromatic N) is 4. The summed E-state index contributed by atoms with van der Waals surface area (Å²) in [5.74, 6) is 0.652. The molecule has 1 aliphatic rings. The van der Waals surface area contributed by atoms with Crippen molar-refractivity contribution in [1.29, 1.82) is 5.26 Å². The first-order valence-electron chi connectivity index (χ1n) is 8.12. The summed E-state index contributed by atoms with van der Waals surface area (Å²) in [6.45, 7) is 1.53. The SMILES string of the molecule is N#CCc1ccc(OCC(=O)N2CCCC2Cn2cccn2)cc1. The highest BCUT2D eigenvalue weighted by Gasteiger charge is 2.29. The van der Waals surface area contributed by atoms with E-state index in [0.717, 1.165) is 31.5 Å². The number of carbonyl (C=O) groups excluding carboxylic acids is 1. The molecule has 1 atom stereocenters. The first-order chi connectivity index (χ1) is 11.8. The normalized spacial score (nSPS) is 16.8. The van der Waals surface area contributed by atoms with Gasteiger partial charge in [0.1, 0.15) is 5.75 Å². The van der Waals surface area contributed by atoms with Gasteiger partial charge in [-0.2, -0.15) is 10.4 Å². The Morgan fingerprint density at radius 3 is 2.92 bits per heavy atom. The smallest absolute Gasteiger partial charge is 0.260 e. The van der Waals surface area contributed by atoms with Crippen LogP contribution in [0.25, 0.3) is 0 Å². The van der Waals surface area contributed by atoms with Gasteiger partial charge >= 0.3 is 0 Å². The summed E-state index contributed by atoms with van der Waals surface area (Å²) >= 11 is 0. The Hall–Kier alpha value is -2.81. The summed E-state index contributed by atoms with van der Waals surface area (Å²) in [5, 5.41) is 12.9. The Labute approximate surface area is 141 Å². The van der Waals surface area contributed by atoms with Gasteiger partial charge in [0.15, 0.2) is 6.61 Å². The maximum absolute atomic E-state index is 12.5. The van der Waals surface area contributed by atoms with Crippen LogP contribution in [0.2, 0.25) is 0 Å². The van der Waals surface area contributed by atoms with E-state index in [1.165, 1.54) is 0 Å². The molecule has 3 rings (SSSR count). The predicted molar refractivity (Wildman–Crippen MR) is 88.2 cm³/mol. The van der Waals surface area contributed by atoms with Crippen molar-refractivity contribution < 1.29 is 9.53 Å². The maximum atomic E-state index is 12.5. The van der Waals surface area contributed by atoms with Crippen LogP contribution in [-0.4, -0.2) is 39.8 Å². The van der Waals surface area contributed by atoms with Crippen LogP contribution in [0, 0.1) is 11.3 Å². The summed E-state index contributed by atoms with van der Waals surface area (Å²) < 4.78 is 7.47. The molecular weight excluding hydrogens is 304 g/mol. The topological polar surface area (TPSA) is 71.2 Å². The van der Waals surface area contributed by atoms with Crippen molar-refractivity contribution in [2.75, 3.05) is 13.2 Å². The maximum Gasteiger partial charge on any atom is 0.260 e. The Kier molecular flexibility index (Phi) is 5.12. The van der Waals surface area contributed by atoms with Gasteiger partial charge in [-0.25, -0.2) is 0 Å². The molecule has 1 aromatic heterocycles. The molecule has 24 heavy (non-hydrogen) atoms. The summed E-state index contributed by atoms with van der Waals surface area (Å²) in [6, 6.07) is 11.5. The van der Waals surface area contributed by atoms with Crippen LogP contribution >= 0.6 is 0 Å². The quantitative estimate of drug-likeness (QED) is 0.815. The first kappa shape index (κ1) is 16.1. The number of rotatable bonds is 6. The van der Waals surface area contributed by atoms with E-state index in [4.69, 9.17) is 10.00 Å². The number of hydrogen-bond donors (Lipinski definition) is 0. The van der Waals surface area contributed by atoms with Crippen LogP contribution in [0.5, 0.6) is 5.75 Å². The summed E-state index contributed by atoms with van der Waals surface area (Å²) in [7, 11) is 0.